The minimum Gasteiger partial charge on any atom is -0.382 e. The van der Waals surface area contributed by atoms with E-state index in [0.717, 1.165) is 16.3 Å². The van der Waals surface area contributed by atoms with Gasteiger partial charge in [-0.2, -0.15) is 5.26 Å². The van der Waals surface area contributed by atoms with Gasteiger partial charge in [-0.05, 0) is 16.3 Å². The Morgan fingerprint density at radius 1 is 1.20 bits per heavy atom. The van der Waals surface area contributed by atoms with Crippen LogP contribution in [-0.4, -0.2) is 24.8 Å². The van der Waals surface area contributed by atoms with Crippen LogP contribution in [-0.2, 0) is 11.2 Å². The van der Waals surface area contributed by atoms with E-state index in [0.29, 0.717) is 0 Å². The van der Waals surface area contributed by atoms with Crippen LogP contribution in [0.2, 0.25) is 0 Å². The van der Waals surface area contributed by atoms with Gasteiger partial charge in [0.1, 0.15) is 11.6 Å². The Morgan fingerprint density at radius 3 is 2.55 bits per heavy atom. The molecule has 0 atom stereocenters. The molecule has 0 spiro atoms. The van der Waals surface area contributed by atoms with Crippen LogP contribution >= 0.6 is 0 Å². The van der Waals surface area contributed by atoms with Gasteiger partial charge in [0.25, 0.3) is 0 Å². The zero-order valence-electron chi connectivity index (χ0n) is 11.6. The summed E-state index contributed by atoms with van der Waals surface area (Å²) in [7, 11) is 3.58. The monoisotopic (exact) mass is 264 g/mol. The van der Waals surface area contributed by atoms with Crippen molar-refractivity contribution in [1.82, 2.24) is 4.90 Å². The van der Waals surface area contributed by atoms with E-state index in [2.05, 4.69) is 0 Å². The number of nitrogens with zero attached hydrogens (tertiary/aromatic N) is 2. The van der Waals surface area contributed by atoms with E-state index in [1.165, 1.54) is 0 Å². The molecule has 0 amide bonds. The summed E-state index contributed by atoms with van der Waals surface area (Å²) < 4.78 is 0. The van der Waals surface area contributed by atoms with Crippen LogP contribution in [0.5, 0.6) is 0 Å². The van der Waals surface area contributed by atoms with Crippen LogP contribution in [0, 0.1) is 11.3 Å². The van der Waals surface area contributed by atoms with E-state index < -0.39 is 0 Å². The van der Waals surface area contributed by atoms with Gasteiger partial charge in [0.2, 0.25) is 0 Å². The topological polar surface area (TPSA) is 44.1 Å². The highest BCUT2D eigenvalue weighted by molar-refractivity contribution is 6.00. The normalized spacial score (nSPS) is 11.2. The molecule has 0 bridgehead atoms. The fraction of sp³-hybridized carbons (Fsp3) is 0.176. The van der Waals surface area contributed by atoms with Crippen LogP contribution < -0.4 is 0 Å². The molecule has 20 heavy (non-hydrogen) atoms. The Kier molecular flexibility index (Phi) is 4.17. The predicted octanol–water partition coefficient (Wildman–Crippen LogP) is 2.92. The lowest BCUT2D eigenvalue weighted by atomic mass is 10.0. The van der Waals surface area contributed by atoms with Crippen molar-refractivity contribution in [3.63, 3.8) is 0 Å². The molecule has 0 saturated carbocycles. The van der Waals surface area contributed by atoms with Crippen LogP contribution in [0.3, 0.4) is 0 Å². The predicted molar refractivity (Wildman–Crippen MR) is 80.0 cm³/mol. The standard InChI is InChI=1S/C17H16N2O/c1-19(2)12-16(11-18)17(20)10-13-7-8-14-5-3-4-6-15(14)9-13/h3-9,12H,10H2,1-2H3/b16-12-. The molecule has 0 heterocycles. The van der Waals surface area contributed by atoms with Gasteiger partial charge < -0.3 is 4.90 Å². The van der Waals surface area contributed by atoms with E-state index in [-0.39, 0.29) is 17.8 Å². The van der Waals surface area contributed by atoms with E-state index in [9.17, 15) is 4.79 Å². The Bertz CT molecular complexity index is 708. The van der Waals surface area contributed by atoms with Crippen molar-refractivity contribution in [2.75, 3.05) is 14.1 Å². The Hall–Kier alpha value is -2.60. The number of rotatable bonds is 4. The first-order valence-electron chi connectivity index (χ1n) is 6.39. The lowest BCUT2D eigenvalue weighted by Crippen LogP contribution is -2.10. The van der Waals surface area contributed by atoms with Gasteiger partial charge in [0.05, 0.1) is 0 Å². The third kappa shape index (κ3) is 3.24. The first kappa shape index (κ1) is 13.8. The quantitative estimate of drug-likeness (QED) is 0.630. The first-order valence-corrected chi connectivity index (χ1v) is 6.39. The SMILES string of the molecule is CN(C)/C=C(/C#N)C(=O)Cc1ccc2ccccc2c1. The minimum atomic E-state index is -0.156. The Labute approximate surface area is 118 Å². The molecule has 0 fully saturated rings. The van der Waals surface area contributed by atoms with Gasteiger partial charge in [0, 0.05) is 26.7 Å². The van der Waals surface area contributed by atoms with Gasteiger partial charge in [-0.15, -0.1) is 0 Å². The molecule has 2 aromatic rings. The molecule has 0 saturated heterocycles. The largest absolute Gasteiger partial charge is 0.382 e. The highest BCUT2D eigenvalue weighted by atomic mass is 16.1. The minimum absolute atomic E-state index is 0.156. The molecule has 3 heteroatoms. The number of carbonyl (C=O) groups excluding carboxylic acids is 1. The number of ketones is 1. The van der Waals surface area contributed by atoms with Gasteiger partial charge in [-0.25, -0.2) is 0 Å². The molecular formula is C17H16N2O. The molecule has 0 unspecified atom stereocenters. The number of hydrogen-bond acceptors (Lipinski definition) is 3. The summed E-state index contributed by atoms with van der Waals surface area (Å²) in [6.07, 6.45) is 1.81. The summed E-state index contributed by atoms with van der Waals surface area (Å²) in [5, 5.41) is 11.3. The Morgan fingerprint density at radius 2 is 1.90 bits per heavy atom. The molecular weight excluding hydrogens is 248 g/mol. The second kappa shape index (κ2) is 6.03. The van der Waals surface area contributed by atoms with Crippen LogP contribution in [0.15, 0.2) is 54.2 Å². The van der Waals surface area contributed by atoms with E-state index >= 15 is 0 Å². The number of allylic oxidation sites excluding steroid dienone is 1. The highest BCUT2D eigenvalue weighted by Gasteiger charge is 2.10. The molecule has 0 N–H and O–H groups in total. The summed E-state index contributed by atoms with van der Waals surface area (Å²) in [5.41, 5.74) is 1.11. The smallest absolute Gasteiger partial charge is 0.179 e. The molecule has 3 nitrogen and oxygen atoms in total. The summed E-state index contributed by atoms with van der Waals surface area (Å²) in [6, 6.07) is 15.9. The molecule has 0 radical (unpaired) electrons. The maximum atomic E-state index is 12.1. The third-order valence-corrected chi connectivity index (χ3v) is 2.99. The van der Waals surface area contributed by atoms with E-state index in [1.807, 2.05) is 48.5 Å². The van der Waals surface area contributed by atoms with Crippen LogP contribution in [0.25, 0.3) is 10.8 Å². The van der Waals surface area contributed by atoms with Crippen LogP contribution in [0.4, 0.5) is 0 Å². The third-order valence-electron chi connectivity index (χ3n) is 2.99. The number of fused-ring (bicyclic) bond motifs is 1. The molecule has 0 aliphatic heterocycles. The average molecular weight is 264 g/mol. The molecule has 2 rings (SSSR count). The number of Topliss-reactive ketones (excluding diaryl/α,β-unsaturated/α-hetero) is 1. The molecule has 2 aromatic carbocycles. The van der Waals surface area contributed by atoms with E-state index in [1.54, 1.807) is 25.2 Å². The number of carbonyl (C=O) groups is 1. The molecule has 0 aliphatic rings. The van der Waals surface area contributed by atoms with Crippen molar-refractivity contribution in [3.8, 4) is 6.07 Å². The average Bonchev–Trinajstić information content (AvgIpc) is 2.44. The molecule has 0 aromatic heterocycles. The summed E-state index contributed by atoms with van der Waals surface area (Å²) >= 11 is 0. The van der Waals surface area contributed by atoms with Crippen molar-refractivity contribution in [2.24, 2.45) is 0 Å². The highest BCUT2D eigenvalue weighted by Crippen LogP contribution is 2.16. The van der Waals surface area contributed by atoms with E-state index in [4.69, 9.17) is 5.26 Å². The fourth-order valence-electron chi connectivity index (χ4n) is 2.05. The number of nitriles is 1. The maximum absolute atomic E-state index is 12.1. The molecule has 100 valence electrons. The summed E-state index contributed by atoms with van der Waals surface area (Å²) in [4.78, 5) is 13.8. The maximum Gasteiger partial charge on any atom is 0.179 e. The number of hydrogen-bond donors (Lipinski definition) is 0. The number of benzene rings is 2. The van der Waals surface area contributed by atoms with Crippen molar-refractivity contribution in [3.05, 3.63) is 59.8 Å². The van der Waals surface area contributed by atoms with Crippen molar-refractivity contribution in [2.45, 2.75) is 6.42 Å². The lowest BCUT2D eigenvalue weighted by Gasteiger charge is -2.06. The van der Waals surface area contributed by atoms with Gasteiger partial charge in [0.15, 0.2) is 5.78 Å². The van der Waals surface area contributed by atoms with Crippen molar-refractivity contribution in [1.29, 1.82) is 5.26 Å². The van der Waals surface area contributed by atoms with Crippen molar-refractivity contribution < 1.29 is 4.79 Å². The van der Waals surface area contributed by atoms with Gasteiger partial charge in [-0.1, -0.05) is 42.5 Å². The second-order valence-corrected chi connectivity index (χ2v) is 4.90. The summed E-state index contributed by atoms with van der Waals surface area (Å²) in [5.74, 6) is -0.156. The first-order chi connectivity index (χ1) is 9.60. The van der Waals surface area contributed by atoms with Gasteiger partial charge in [-0.3, -0.25) is 4.79 Å². The fourth-order valence-corrected chi connectivity index (χ4v) is 2.05. The second-order valence-electron chi connectivity index (χ2n) is 4.90. The molecule has 0 aliphatic carbocycles. The van der Waals surface area contributed by atoms with Crippen molar-refractivity contribution >= 4 is 16.6 Å². The zero-order chi connectivity index (χ0) is 14.5. The summed E-state index contributed by atoms with van der Waals surface area (Å²) in [6.45, 7) is 0. The lowest BCUT2D eigenvalue weighted by molar-refractivity contribution is -0.114. The Balaban J connectivity index is 2.24. The van der Waals surface area contributed by atoms with Crippen LogP contribution in [0.1, 0.15) is 5.56 Å². The van der Waals surface area contributed by atoms with Gasteiger partial charge >= 0.3 is 0 Å². The zero-order valence-corrected chi connectivity index (χ0v) is 11.6.